The molecule has 0 aliphatic heterocycles. The molecule has 1 aromatic heterocycles. The van der Waals surface area contributed by atoms with E-state index in [1.807, 2.05) is 35.1 Å². The monoisotopic (exact) mass is 253 g/mol. The van der Waals surface area contributed by atoms with Crippen LogP contribution in [0.25, 0.3) is 5.69 Å². The predicted molar refractivity (Wildman–Crippen MR) is 71.8 cm³/mol. The van der Waals surface area contributed by atoms with E-state index in [-0.39, 0.29) is 5.54 Å². The SMILES string of the molecule is O=C=NC1(c2cccc(-n3cccn3)c2)CCCC1. The zero-order chi connectivity index (χ0) is 13.1. The van der Waals surface area contributed by atoms with Gasteiger partial charge in [-0.25, -0.2) is 9.48 Å². The number of isocyanates is 1. The van der Waals surface area contributed by atoms with E-state index in [9.17, 15) is 4.79 Å². The molecule has 0 N–H and O–H groups in total. The Balaban J connectivity index is 2.05. The fraction of sp³-hybridized carbons (Fsp3) is 0.333. The van der Waals surface area contributed by atoms with Gasteiger partial charge in [0.2, 0.25) is 6.08 Å². The number of benzene rings is 1. The first kappa shape index (κ1) is 11.9. The number of hydrogen-bond donors (Lipinski definition) is 0. The molecular formula is C15H15N3O. The van der Waals surface area contributed by atoms with Crippen molar-refractivity contribution in [2.75, 3.05) is 0 Å². The standard InChI is InChI=1S/C15H15N3O/c19-12-16-15(7-1-2-8-15)13-5-3-6-14(11-13)18-10-4-9-17-18/h3-6,9-11H,1-2,7-8H2. The molecule has 4 heteroatoms. The van der Waals surface area contributed by atoms with Gasteiger partial charge in [0.1, 0.15) is 0 Å². The smallest absolute Gasteiger partial charge is 0.235 e. The highest BCUT2D eigenvalue weighted by molar-refractivity contribution is 5.43. The molecule has 0 saturated heterocycles. The average molecular weight is 253 g/mol. The zero-order valence-electron chi connectivity index (χ0n) is 10.6. The molecule has 0 bridgehead atoms. The van der Waals surface area contributed by atoms with Gasteiger partial charge in [0.05, 0.1) is 11.2 Å². The molecule has 4 nitrogen and oxygen atoms in total. The van der Waals surface area contributed by atoms with E-state index in [0.29, 0.717) is 0 Å². The van der Waals surface area contributed by atoms with Crippen LogP contribution in [0, 0.1) is 0 Å². The van der Waals surface area contributed by atoms with Gasteiger partial charge in [-0.3, -0.25) is 0 Å². The van der Waals surface area contributed by atoms with E-state index in [1.54, 1.807) is 12.3 Å². The lowest BCUT2D eigenvalue weighted by Gasteiger charge is -2.23. The second kappa shape index (κ2) is 4.82. The van der Waals surface area contributed by atoms with Crippen LogP contribution < -0.4 is 0 Å². The number of aromatic nitrogens is 2. The minimum Gasteiger partial charge on any atom is -0.241 e. The van der Waals surface area contributed by atoms with Crippen molar-refractivity contribution in [3.63, 3.8) is 0 Å². The fourth-order valence-electron chi connectivity index (χ4n) is 2.87. The van der Waals surface area contributed by atoms with Gasteiger partial charge in [-0.2, -0.15) is 10.1 Å². The van der Waals surface area contributed by atoms with E-state index in [4.69, 9.17) is 0 Å². The van der Waals surface area contributed by atoms with Crippen molar-refractivity contribution in [2.24, 2.45) is 4.99 Å². The van der Waals surface area contributed by atoms with Crippen LogP contribution in [0.1, 0.15) is 31.2 Å². The highest BCUT2D eigenvalue weighted by Gasteiger charge is 2.35. The maximum atomic E-state index is 10.7. The molecule has 19 heavy (non-hydrogen) atoms. The Bertz CT molecular complexity index is 606. The average Bonchev–Trinajstić information content (AvgIpc) is 3.11. The van der Waals surface area contributed by atoms with E-state index in [2.05, 4.69) is 16.2 Å². The van der Waals surface area contributed by atoms with Crippen molar-refractivity contribution in [3.8, 4) is 5.69 Å². The lowest BCUT2D eigenvalue weighted by molar-refractivity contribution is 0.455. The van der Waals surface area contributed by atoms with Crippen molar-refractivity contribution < 1.29 is 4.79 Å². The fourth-order valence-corrected chi connectivity index (χ4v) is 2.87. The van der Waals surface area contributed by atoms with Crippen LogP contribution in [0.15, 0.2) is 47.7 Å². The quantitative estimate of drug-likeness (QED) is 0.623. The third-order valence-corrected chi connectivity index (χ3v) is 3.84. The second-order valence-electron chi connectivity index (χ2n) is 4.94. The Morgan fingerprint density at radius 3 is 2.79 bits per heavy atom. The Morgan fingerprint density at radius 1 is 1.26 bits per heavy atom. The molecule has 0 radical (unpaired) electrons. The van der Waals surface area contributed by atoms with E-state index < -0.39 is 0 Å². The van der Waals surface area contributed by atoms with Crippen LogP contribution >= 0.6 is 0 Å². The summed E-state index contributed by atoms with van der Waals surface area (Å²) in [4.78, 5) is 14.9. The third-order valence-electron chi connectivity index (χ3n) is 3.84. The number of nitrogens with zero attached hydrogens (tertiary/aromatic N) is 3. The number of aliphatic imine (C=N–C) groups is 1. The summed E-state index contributed by atoms with van der Waals surface area (Å²) in [5.41, 5.74) is 1.71. The number of carbonyl (C=O) groups excluding carboxylic acids is 1. The Labute approximate surface area is 111 Å². The Morgan fingerprint density at radius 2 is 2.11 bits per heavy atom. The number of rotatable bonds is 3. The Kier molecular flexibility index (Phi) is 3.02. The van der Waals surface area contributed by atoms with Crippen LogP contribution in [0.4, 0.5) is 0 Å². The van der Waals surface area contributed by atoms with Crippen molar-refractivity contribution in [2.45, 2.75) is 31.2 Å². The molecule has 3 rings (SSSR count). The molecule has 1 aliphatic rings. The summed E-state index contributed by atoms with van der Waals surface area (Å²) in [5.74, 6) is 0. The molecule has 1 saturated carbocycles. The molecule has 0 unspecified atom stereocenters. The molecular weight excluding hydrogens is 238 g/mol. The summed E-state index contributed by atoms with van der Waals surface area (Å²) < 4.78 is 1.82. The number of hydrogen-bond acceptors (Lipinski definition) is 3. The highest BCUT2D eigenvalue weighted by atomic mass is 16.1. The largest absolute Gasteiger partial charge is 0.241 e. The van der Waals surface area contributed by atoms with Crippen LogP contribution in [0.5, 0.6) is 0 Å². The van der Waals surface area contributed by atoms with Gasteiger partial charge < -0.3 is 0 Å². The van der Waals surface area contributed by atoms with Crippen LogP contribution in [-0.4, -0.2) is 15.9 Å². The first-order valence-corrected chi connectivity index (χ1v) is 6.54. The van der Waals surface area contributed by atoms with Crippen LogP contribution in [0.2, 0.25) is 0 Å². The normalized spacial score (nSPS) is 17.1. The second-order valence-corrected chi connectivity index (χ2v) is 4.94. The van der Waals surface area contributed by atoms with Gasteiger partial charge in [0, 0.05) is 12.4 Å². The van der Waals surface area contributed by atoms with Crippen LogP contribution in [-0.2, 0) is 10.3 Å². The van der Waals surface area contributed by atoms with Gasteiger partial charge >= 0.3 is 0 Å². The Hall–Kier alpha value is -2.19. The van der Waals surface area contributed by atoms with Gasteiger partial charge in [0.25, 0.3) is 0 Å². The molecule has 1 aliphatic carbocycles. The first-order valence-electron chi connectivity index (χ1n) is 6.54. The van der Waals surface area contributed by atoms with Crippen molar-refractivity contribution in [1.82, 2.24) is 9.78 Å². The van der Waals surface area contributed by atoms with Gasteiger partial charge in [-0.15, -0.1) is 0 Å². The lowest BCUT2D eigenvalue weighted by atomic mass is 9.89. The first-order chi connectivity index (χ1) is 9.34. The van der Waals surface area contributed by atoms with E-state index in [0.717, 1.165) is 36.9 Å². The molecule has 96 valence electrons. The van der Waals surface area contributed by atoms with E-state index in [1.165, 1.54) is 0 Å². The summed E-state index contributed by atoms with van der Waals surface area (Å²) in [6.07, 6.45) is 9.47. The molecule has 1 heterocycles. The maximum Gasteiger partial charge on any atom is 0.235 e. The molecule has 1 fully saturated rings. The molecule has 0 spiro atoms. The minimum atomic E-state index is -0.370. The molecule has 2 aromatic rings. The summed E-state index contributed by atoms with van der Waals surface area (Å²) in [5, 5.41) is 4.23. The summed E-state index contributed by atoms with van der Waals surface area (Å²) >= 11 is 0. The van der Waals surface area contributed by atoms with Gasteiger partial charge in [0.15, 0.2) is 0 Å². The maximum absolute atomic E-state index is 10.7. The molecule has 1 aromatic carbocycles. The topological polar surface area (TPSA) is 47.2 Å². The van der Waals surface area contributed by atoms with Gasteiger partial charge in [-0.05, 0) is 36.6 Å². The zero-order valence-corrected chi connectivity index (χ0v) is 10.6. The van der Waals surface area contributed by atoms with Crippen LogP contribution in [0.3, 0.4) is 0 Å². The molecule has 0 amide bonds. The summed E-state index contributed by atoms with van der Waals surface area (Å²) in [7, 11) is 0. The third kappa shape index (κ3) is 2.11. The van der Waals surface area contributed by atoms with E-state index >= 15 is 0 Å². The molecule has 0 atom stereocenters. The predicted octanol–water partition coefficient (Wildman–Crippen LogP) is 2.98. The lowest BCUT2D eigenvalue weighted by Crippen LogP contribution is -2.19. The van der Waals surface area contributed by atoms with Crippen molar-refractivity contribution in [1.29, 1.82) is 0 Å². The van der Waals surface area contributed by atoms with Gasteiger partial charge in [-0.1, -0.05) is 25.0 Å². The van der Waals surface area contributed by atoms with Crippen molar-refractivity contribution in [3.05, 3.63) is 48.3 Å². The van der Waals surface area contributed by atoms with Crippen molar-refractivity contribution >= 4 is 6.08 Å². The minimum absolute atomic E-state index is 0.370. The summed E-state index contributed by atoms with van der Waals surface area (Å²) in [6, 6.07) is 10.00. The summed E-state index contributed by atoms with van der Waals surface area (Å²) in [6.45, 7) is 0. The highest BCUT2D eigenvalue weighted by Crippen LogP contribution is 2.42.